The molecule has 0 aliphatic heterocycles. The van der Waals surface area contributed by atoms with E-state index in [0.29, 0.717) is 19.0 Å². The fourth-order valence-electron chi connectivity index (χ4n) is 2.93. The molecule has 26 heavy (non-hydrogen) atoms. The molecular formula is C21H45N2O2P. The minimum Gasteiger partial charge on any atom is -0.425 e. The SMILES string of the molecule is [2H]CCCCCCCCCCCCOP(OC=NCC)N(C(C)C)C(C)C. The summed E-state index contributed by atoms with van der Waals surface area (Å²) >= 11 is 0. The van der Waals surface area contributed by atoms with Crippen LogP contribution in [-0.2, 0) is 9.05 Å². The molecule has 0 heterocycles. The van der Waals surface area contributed by atoms with E-state index in [9.17, 15) is 0 Å². The van der Waals surface area contributed by atoms with E-state index < -0.39 is 8.53 Å². The zero-order valence-corrected chi connectivity index (χ0v) is 19.0. The Morgan fingerprint density at radius 2 is 1.46 bits per heavy atom. The largest absolute Gasteiger partial charge is 0.425 e. The highest BCUT2D eigenvalue weighted by molar-refractivity contribution is 7.45. The van der Waals surface area contributed by atoms with Gasteiger partial charge in [0.05, 0.1) is 6.61 Å². The van der Waals surface area contributed by atoms with E-state index in [4.69, 9.17) is 10.4 Å². The predicted octanol–water partition coefficient (Wildman–Crippen LogP) is 7.33. The molecular weight excluding hydrogens is 343 g/mol. The van der Waals surface area contributed by atoms with Crippen molar-refractivity contribution in [3.05, 3.63) is 0 Å². The van der Waals surface area contributed by atoms with Gasteiger partial charge in [0.2, 0.25) is 0 Å². The molecule has 1 atom stereocenters. The van der Waals surface area contributed by atoms with Gasteiger partial charge in [-0.25, -0.2) is 4.67 Å². The first-order chi connectivity index (χ1) is 13.0. The van der Waals surface area contributed by atoms with E-state index in [1.54, 1.807) is 6.40 Å². The minimum absolute atomic E-state index is 0.382. The molecule has 0 N–H and O–H groups in total. The predicted molar refractivity (Wildman–Crippen MR) is 117 cm³/mol. The molecule has 0 fully saturated rings. The van der Waals surface area contributed by atoms with Gasteiger partial charge in [-0.2, -0.15) is 0 Å². The van der Waals surface area contributed by atoms with E-state index in [-0.39, 0.29) is 0 Å². The lowest BCUT2D eigenvalue weighted by Crippen LogP contribution is -2.33. The van der Waals surface area contributed by atoms with Gasteiger partial charge in [0.1, 0.15) is 0 Å². The van der Waals surface area contributed by atoms with E-state index in [2.05, 4.69) is 37.4 Å². The third-order valence-electron chi connectivity index (χ3n) is 4.24. The quantitative estimate of drug-likeness (QED) is 0.106. The summed E-state index contributed by atoms with van der Waals surface area (Å²) in [7, 11) is -1.08. The molecule has 0 aromatic carbocycles. The third-order valence-corrected chi connectivity index (χ3v) is 6.22. The molecule has 4 nitrogen and oxygen atoms in total. The first-order valence-corrected chi connectivity index (χ1v) is 11.8. The zero-order chi connectivity index (χ0) is 20.3. The Morgan fingerprint density at radius 3 is 1.96 bits per heavy atom. The molecule has 0 aromatic rings. The van der Waals surface area contributed by atoms with Gasteiger partial charge in [0, 0.05) is 20.0 Å². The topological polar surface area (TPSA) is 34.1 Å². The second kappa shape index (κ2) is 18.2. The van der Waals surface area contributed by atoms with Crippen LogP contribution in [0.25, 0.3) is 0 Å². The van der Waals surface area contributed by atoms with Crippen molar-refractivity contribution in [2.24, 2.45) is 4.99 Å². The summed E-state index contributed by atoms with van der Waals surface area (Å²) in [6, 6.07) is 0.763. The lowest BCUT2D eigenvalue weighted by atomic mass is 10.1. The average Bonchev–Trinajstić information content (AvgIpc) is 2.61. The van der Waals surface area contributed by atoms with Crippen LogP contribution in [0.2, 0.25) is 0 Å². The lowest BCUT2D eigenvalue weighted by molar-refractivity contribution is 0.213. The van der Waals surface area contributed by atoms with Gasteiger partial charge >= 0.3 is 8.53 Å². The summed E-state index contributed by atoms with van der Waals surface area (Å²) < 4.78 is 21.4. The first-order valence-electron chi connectivity index (χ1n) is 11.4. The summed E-state index contributed by atoms with van der Waals surface area (Å²) in [4.78, 5) is 4.18. The van der Waals surface area contributed by atoms with Crippen LogP contribution in [0.1, 0.15) is 107 Å². The highest BCUT2D eigenvalue weighted by Gasteiger charge is 2.27. The molecule has 0 saturated heterocycles. The Labute approximate surface area is 166 Å². The van der Waals surface area contributed by atoms with Gasteiger partial charge in [-0.1, -0.05) is 64.7 Å². The molecule has 156 valence electrons. The van der Waals surface area contributed by atoms with Gasteiger partial charge in [0.25, 0.3) is 0 Å². The minimum atomic E-state index is -1.08. The Balaban J connectivity index is 3.91. The number of hydrogen-bond acceptors (Lipinski definition) is 4. The lowest BCUT2D eigenvalue weighted by Gasteiger charge is -2.34. The maximum atomic E-state index is 7.14. The van der Waals surface area contributed by atoms with Crippen molar-refractivity contribution in [2.45, 2.75) is 118 Å². The summed E-state index contributed by atoms with van der Waals surface area (Å²) in [5, 5.41) is 0. The van der Waals surface area contributed by atoms with Crippen LogP contribution in [0, 0.1) is 0 Å². The van der Waals surface area contributed by atoms with Crippen LogP contribution in [-0.4, -0.2) is 36.3 Å². The summed E-state index contributed by atoms with van der Waals surface area (Å²) in [6.45, 7) is 12.8. The molecule has 0 amide bonds. The van der Waals surface area contributed by atoms with Gasteiger partial charge in [-0.15, -0.1) is 0 Å². The molecule has 5 heteroatoms. The molecule has 0 rings (SSSR count). The fourth-order valence-corrected chi connectivity index (χ4v) is 4.42. The molecule has 0 saturated carbocycles. The van der Waals surface area contributed by atoms with Crippen LogP contribution in [0.4, 0.5) is 0 Å². The maximum absolute atomic E-state index is 7.14. The highest BCUT2D eigenvalue weighted by Crippen LogP contribution is 2.45. The smallest absolute Gasteiger partial charge is 0.322 e. The molecule has 0 bridgehead atoms. The van der Waals surface area contributed by atoms with Gasteiger partial charge in [0.15, 0.2) is 6.40 Å². The average molecular weight is 390 g/mol. The Kier molecular flexibility index (Phi) is 16.7. The van der Waals surface area contributed by atoms with Crippen molar-refractivity contribution in [1.29, 1.82) is 0 Å². The Hall–Kier alpha value is -0.180. The van der Waals surface area contributed by atoms with Crippen LogP contribution >= 0.6 is 8.53 Å². The number of nitrogens with zero attached hydrogens (tertiary/aromatic N) is 2. The van der Waals surface area contributed by atoms with Crippen molar-refractivity contribution >= 4 is 14.9 Å². The van der Waals surface area contributed by atoms with Crippen LogP contribution < -0.4 is 0 Å². The van der Waals surface area contributed by atoms with Crippen molar-refractivity contribution in [3.8, 4) is 0 Å². The normalized spacial score (nSPS) is 13.9. The standard InChI is InChI=1S/C21H45N2O2P/c1-7-9-10-11-12-13-14-15-16-17-18-24-26(25-19-22-8-2)23(20(3)4)21(5)6/h19-21H,7-18H2,1-6H3/i1D. The molecule has 0 aliphatic carbocycles. The van der Waals surface area contributed by atoms with Crippen LogP contribution in [0.3, 0.4) is 0 Å². The van der Waals surface area contributed by atoms with E-state index in [0.717, 1.165) is 26.0 Å². The molecule has 0 spiro atoms. The van der Waals surface area contributed by atoms with Crippen LogP contribution in [0.15, 0.2) is 4.99 Å². The van der Waals surface area contributed by atoms with Crippen molar-refractivity contribution in [1.82, 2.24) is 4.67 Å². The number of hydrogen-bond donors (Lipinski definition) is 0. The highest BCUT2D eigenvalue weighted by atomic mass is 31.2. The summed E-state index contributed by atoms with van der Waals surface area (Å²) in [6.07, 6.45) is 14.2. The zero-order valence-electron chi connectivity index (χ0n) is 19.1. The van der Waals surface area contributed by atoms with Gasteiger partial charge < -0.3 is 9.05 Å². The molecule has 1 unspecified atom stereocenters. The fraction of sp³-hybridized carbons (Fsp3) is 0.952. The third kappa shape index (κ3) is 13.9. The Morgan fingerprint density at radius 1 is 0.923 bits per heavy atom. The number of rotatable bonds is 18. The van der Waals surface area contributed by atoms with E-state index >= 15 is 0 Å². The van der Waals surface area contributed by atoms with Gasteiger partial charge in [-0.05, 0) is 41.0 Å². The molecule has 0 aromatic heterocycles. The second-order valence-electron chi connectivity index (χ2n) is 7.38. The van der Waals surface area contributed by atoms with Crippen molar-refractivity contribution in [2.75, 3.05) is 13.2 Å². The van der Waals surface area contributed by atoms with E-state index in [1.807, 2.05) is 6.92 Å². The molecule has 0 aliphatic rings. The Bertz CT molecular complexity index is 336. The summed E-state index contributed by atoms with van der Waals surface area (Å²) in [5.74, 6) is 0. The first kappa shape index (κ1) is 23.9. The number of unbranched alkanes of at least 4 members (excludes halogenated alkanes) is 9. The van der Waals surface area contributed by atoms with Gasteiger partial charge in [-0.3, -0.25) is 4.99 Å². The van der Waals surface area contributed by atoms with Crippen molar-refractivity contribution in [3.63, 3.8) is 0 Å². The monoisotopic (exact) mass is 389 g/mol. The maximum Gasteiger partial charge on any atom is 0.322 e. The molecule has 0 radical (unpaired) electrons. The second-order valence-corrected chi connectivity index (χ2v) is 8.79. The van der Waals surface area contributed by atoms with Crippen molar-refractivity contribution < 1.29 is 10.4 Å². The van der Waals surface area contributed by atoms with Crippen LogP contribution in [0.5, 0.6) is 0 Å². The summed E-state index contributed by atoms with van der Waals surface area (Å²) in [5.41, 5.74) is 0. The van der Waals surface area contributed by atoms with E-state index in [1.165, 1.54) is 51.4 Å². The number of aliphatic imine (C=N–C) groups is 1.